The number of para-hydroxylation sites is 1. The Morgan fingerprint density at radius 1 is 1.00 bits per heavy atom. The van der Waals surface area contributed by atoms with E-state index >= 15 is 0 Å². The smallest absolute Gasteiger partial charge is 0.408 e. The molecule has 1 aliphatic heterocycles. The van der Waals surface area contributed by atoms with Crippen molar-refractivity contribution in [3.63, 3.8) is 0 Å². The first kappa shape index (κ1) is 23.9. The van der Waals surface area contributed by atoms with Crippen molar-refractivity contribution in [1.82, 2.24) is 10.6 Å². The minimum Gasteiger partial charge on any atom is -0.436 e. The zero-order valence-electron chi connectivity index (χ0n) is 19.0. The Morgan fingerprint density at radius 2 is 1.69 bits per heavy atom. The zero-order chi connectivity index (χ0) is 25.1. The highest BCUT2D eigenvalue weighted by atomic mass is 19.2. The quantitative estimate of drug-likeness (QED) is 0.577. The summed E-state index contributed by atoms with van der Waals surface area (Å²) in [6.07, 6.45) is -2.25. The van der Waals surface area contributed by atoms with Crippen LogP contribution in [0.1, 0.15) is 24.1 Å². The molecule has 0 aliphatic carbocycles. The molecule has 1 unspecified atom stereocenters. The van der Waals surface area contributed by atoms with Gasteiger partial charge in [0, 0.05) is 24.7 Å². The van der Waals surface area contributed by atoms with Crippen LogP contribution < -0.4 is 15.5 Å². The normalized spacial score (nSPS) is 15.4. The number of nitrogens with zero attached hydrogens (tertiary/aromatic N) is 1. The first-order valence-corrected chi connectivity index (χ1v) is 10.9. The van der Waals surface area contributed by atoms with Crippen LogP contribution in [0.15, 0.2) is 66.7 Å². The molecular formula is C26H23F2N3O4. The maximum atomic E-state index is 13.8. The van der Waals surface area contributed by atoms with Crippen LogP contribution in [0.25, 0.3) is 11.1 Å². The van der Waals surface area contributed by atoms with Crippen LogP contribution in [-0.2, 0) is 20.9 Å². The molecule has 2 N–H and O–H groups in total. The van der Waals surface area contributed by atoms with Crippen molar-refractivity contribution in [3.05, 3.63) is 89.5 Å². The van der Waals surface area contributed by atoms with Crippen molar-refractivity contribution in [2.45, 2.75) is 25.6 Å². The predicted octanol–water partition coefficient (Wildman–Crippen LogP) is 4.08. The number of anilines is 1. The highest BCUT2D eigenvalue weighted by Gasteiger charge is 2.34. The SMILES string of the molecule is C[C@H](OC(=O)NCc1cccc(F)c1F)C(=O)NC1C(=O)N(C)c2ccccc2-c2ccccc21. The predicted molar refractivity (Wildman–Crippen MR) is 125 cm³/mol. The monoisotopic (exact) mass is 479 g/mol. The average Bonchev–Trinajstić information content (AvgIpc) is 2.94. The number of amides is 3. The zero-order valence-corrected chi connectivity index (χ0v) is 19.0. The van der Waals surface area contributed by atoms with E-state index in [9.17, 15) is 23.2 Å². The van der Waals surface area contributed by atoms with Crippen molar-refractivity contribution >= 4 is 23.6 Å². The van der Waals surface area contributed by atoms with Gasteiger partial charge >= 0.3 is 6.09 Å². The maximum absolute atomic E-state index is 13.8. The summed E-state index contributed by atoms with van der Waals surface area (Å²) < 4.78 is 32.2. The molecule has 0 saturated carbocycles. The number of alkyl carbamates (subject to hydrolysis) is 1. The number of nitrogens with one attached hydrogen (secondary N) is 2. The molecule has 0 saturated heterocycles. The van der Waals surface area contributed by atoms with Gasteiger partial charge in [0.15, 0.2) is 17.7 Å². The number of benzene rings is 3. The van der Waals surface area contributed by atoms with Gasteiger partial charge in [-0.3, -0.25) is 9.59 Å². The second-order valence-electron chi connectivity index (χ2n) is 8.06. The third-order valence-electron chi connectivity index (χ3n) is 5.80. The van der Waals surface area contributed by atoms with Crippen molar-refractivity contribution in [2.75, 3.05) is 11.9 Å². The molecule has 2 atom stereocenters. The lowest BCUT2D eigenvalue weighted by Crippen LogP contribution is -2.45. The molecule has 3 aromatic carbocycles. The van der Waals surface area contributed by atoms with Gasteiger partial charge in [0.25, 0.3) is 11.8 Å². The number of hydrogen-bond donors (Lipinski definition) is 2. The summed E-state index contributed by atoms with van der Waals surface area (Å²) >= 11 is 0. The first-order valence-electron chi connectivity index (χ1n) is 10.9. The van der Waals surface area contributed by atoms with Gasteiger partial charge in [-0.25, -0.2) is 13.6 Å². The third kappa shape index (κ3) is 4.84. The molecule has 1 aliphatic rings. The number of ether oxygens (including phenoxy) is 1. The van der Waals surface area contributed by atoms with Gasteiger partial charge in [0.05, 0.1) is 5.69 Å². The number of rotatable bonds is 5. The Hall–Kier alpha value is -4.27. The fraction of sp³-hybridized carbons (Fsp3) is 0.192. The number of hydrogen-bond acceptors (Lipinski definition) is 4. The van der Waals surface area contributed by atoms with Gasteiger partial charge in [-0.1, -0.05) is 54.6 Å². The summed E-state index contributed by atoms with van der Waals surface area (Å²) in [7, 11) is 1.63. The second-order valence-corrected chi connectivity index (χ2v) is 8.06. The molecule has 180 valence electrons. The van der Waals surface area contributed by atoms with E-state index in [-0.39, 0.29) is 18.0 Å². The van der Waals surface area contributed by atoms with Crippen molar-refractivity contribution in [2.24, 2.45) is 0 Å². The van der Waals surface area contributed by atoms with Gasteiger partial charge in [-0.2, -0.15) is 0 Å². The molecule has 3 amide bonds. The standard InChI is InChI=1S/C26H23F2N3O4/c1-15(35-26(34)29-14-16-8-7-12-20(27)22(16)28)24(32)30-23-19-11-4-3-9-17(19)18-10-5-6-13-21(18)31(2)25(23)33/h3-13,15,23H,14H2,1-2H3,(H,29,34)(H,30,32)/t15-,23?/m0/s1. The molecule has 3 aromatic rings. The summed E-state index contributed by atoms with van der Waals surface area (Å²) in [5.41, 5.74) is 2.90. The van der Waals surface area contributed by atoms with E-state index in [1.54, 1.807) is 19.2 Å². The summed E-state index contributed by atoms with van der Waals surface area (Å²) in [5, 5.41) is 4.97. The van der Waals surface area contributed by atoms with Crippen LogP contribution in [0.5, 0.6) is 0 Å². The van der Waals surface area contributed by atoms with Crippen LogP contribution in [0.3, 0.4) is 0 Å². The maximum Gasteiger partial charge on any atom is 0.408 e. The van der Waals surface area contributed by atoms with E-state index in [1.165, 1.54) is 24.0 Å². The van der Waals surface area contributed by atoms with Crippen LogP contribution in [0.2, 0.25) is 0 Å². The van der Waals surface area contributed by atoms with E-state index in [1.807, 2.05) is 36.4 Å². The molecule has 1 heterocycles. The Balaban J connectivity index is 1.46. The Labute approximate surface area is 200 Å². The second kappa shape index (κ2) is 9.92. The minimum atomic E-state index is -1.26. The molecular weight excluding hydrogens is 456 g/mol. The molecule has 7 nitrogen and oxygen atoms in total. The molecule has 0 bridgehead atoms. The van der Waals surface area contributed by atoms with Crippen molar-refractivity contribution in [1.29, 1.82) is 0 Å². The van der Waals surface area contributed by atoms with Gasteiger partial charge in [-0.15, -0.1) is 0 Å². The van der Waals surface area contributed by atoms with Crippen LogP contribution in [0.4, 0.5) is 19.3 Å². The van der Waals surface area contributed by atoms with Gasteiger partial charge < -0.3 is 20.3 Å². The number of carbonyl (C=O) groups is 3. The number of fused-ring (bicyclic) bond motifs is 3. The molecule has 4 rings (SSSR count). The number of carbonyl (C=O) groups excluding carboxylic acids is 3. The average molecular weight is 479 g/mol. The van der Waals surface area contributed by atoms with E-state index in [0.29, 0.717) is 11.3 Å². The largest absolute Gasteiger partial charge is 0.436 e. The Kier molecular flexibility index (Phi) is 6.77. The minimum absolute atomic E-state index is 0.0673. The van der Waals surface area contributed by atoms with E-state index in [4.69, 9.17) is 4.74 Å². The summed E-state index contributed by atoms with van der Waals surface area (Å²) in [6.45, 7) is 1.03. The topological polar surface area (TPSA) is 87.7 Å². The van der Waals surface area contributed by atoms with Crippen molar-refractivity contribution < 1.29 is 27.9 Å². The molecule has 9 heteroatoms. The molecule has 0 radical (unpaired) electrons. The Morgan fingerprint density at radius 3 is 2.46 bits per heavy atom. The molecule has 0 fully saturated rings. The number of likely N-dealkylation sites (N-methyl/N-ethyl adjacent to an activating group) is 1. The number of halogens is 2. The fourth-order valence-electron chi connectivity index (χ4n) is 3.94. The van der Waals surface area contributed by atoms with Gasteiger partial charge in [-0.05, 0) is 30.2 Å². The van der Waals surface area contributed by atoms with Crippen LogP contribution in [-0.4, -0.2) is 31.1 Å². The molecule has 35 heavy (non-hydrogen) atoms. The van der Waals surface area contributed by atoms with E-state index in [2.05, 4.69) is 10.6 Å². The van der Waals surface area contributed by atoms with Crippen LogP contribution in [0, 0.1) is 11.6 Å². The van der Waals surface area contributed by atoms with Crippen molar-refractivity contribution in [3.8, 4) is 11.1 Å². The van der Waals surface area contributed by atoms with Gasteiger partial charge in [0.2, 0.25) is 0 Å². The summed E-state index contributed by atoms with van der Waals surface area (Å²) in [4.78, 5) is 39.8. The first-order chi connectivity index (χ1) is 16.8. The lowest BCUT2D eigenvalue weighted by molar-refractivity contribution is -0.132. The molecule has 0 aromatic heterocycles. The third-order valence-corrected chi connectivity index (χ3v) is 5.80. The van der Waals surface area contributed by atoms with E-state index in [0.717, 1.165) is 17.2 Å². The molecule has 0 spiro atoms. The van der Waals surface area contributed by atoms with Crippen LogP contribution >= 0.6 is 0 Å². The van der Waals surface area contributed by atoms with Gasteiger partial charge in [0.1, 0.15) is 6.04 Å². The highest BCUT2D eigenvalue weighted by molar-refractivity contribution is 6.06. The van der Waals surface area contributed by atoms with E-state index < -0.39 is 35.8 Å². The highest BCUT2D eigenvalue weighted by Crippen LogP contribution is 2.39. The summed E-state index contributed by atoms with van der Waals surface area (Å²) in [6, 6.07) is 17.3. The lowest BCUT2D eigenvalue weighted by atomic mass is 9.95. The fourth-order valence-corrected chi connectivity index (χ4v) is 3.94. The Bertz CT molecular complexity index is 1300. The summed E-state index contributed by atoms with van der Waals surface area (Å²) in [5.74, 6) is -3.15. The lowest BCUT2D eigenvalue weighted by Gasteiger charge is -2.24.